The van der Waals surface area contributed by atoms with Gasteiger partial charge in [0, 0.05) is 0 Å². The van der Waals surface area contributed by atoms with E-state index >= 15 is 0 Å². The average Bonchev–Trinajstić information content (AvgIpc) is 2.40. The zero-order valence-corrected chi connectivity index (χ0v) is 12.4. The molecule has 0 rings (SSSR count). The Balaban J connectivity index is 4.90. The van der Waals surface area contributed by atoms with Crippen LogP contribution in [0.4, 0.5) is 0 Å². The molecule has 0 amide bonds. The van der Waals surface area contributed by atoms with Gasteiger partial charge in [0.25, 0.3) is 0 Å². The monoisotopic (exact) mass is 270 g/mol. The van der Waals surface area contributed by atoms with Crippen molar-refractivity contribution in [3.8, 4) is 0 Å². The van der Waals surface area contributed by atoms with Gasteiger partial charge in [-0.2, -0.15) is 0 Å². The van der Waals surface area contributed by atoms with Gasteiger partial charge in [0.1, 0.15) is 0 Å². The predicted molar refractivity (Wildman–Crippen MR) is 74.7 cm³/mol. The minimum Gasteiger partial charge on any atom is -0.465 e. The third-order valence-corrected chi connectivity index (χ3v) is 3.05. The molecule has 0 spiro atoms. The molecule has 4 nitrogen and oxygen atoms in total. The van der Waals surface area contributed by atoms with Crippen LogP contribution >= 0.6 is 0 Å². The van der Waals surface area contributed by atoms with Crippen LogP contribution in [0.5, 0.6) is 0 Å². The second-order valence-corrected chi connectivity index (χ2v) is 4.43. The predicted octanol–water partition coefficient (Wildman–Crippen LogP) is 3.26. The summed E-state index contributed by atoms with van der Waals surface area (Å²) in [6.45, 7) is 9.66. The number of carbonyl (C=O) groups excluding carboxylic acids is 2. The number of carbonyl (C=O) groups is 2. The van der Waals surface area contributed by atoms with Crippen LogP contribution in [0.1, 0.15) is 52.9 Å². The van der Waals surface area contributed by atoms with Crippen molar-refractivity contribution in [1.82, 2.24) is 0 Å². The van der Waals surface area contributed by atoms with E-state index < -0.39 is 17.4 Å². The van der Waals surface area contributed by atoms with Gasteiger partial charge in [0.2, 0.25) is 0 Å². The molecule has 110 valence electrons. The average molecular weight is 270 g/mol. The first-order chi connectivity index (χ1) is 9.08. The van der Waals surface area contributed by atoms with E-state index in [-0.39, 0.29) is 13.2 Å². The van der Waals surface area contributed by atoms with Crippen molar-refractivity contribution in [2.45, 2.75) is 52.9 Å². The molecular formula is C15H26O4. The molecule has 0 N–H and O–H groups in total. The molecule has 19 heavy (non-hydrogen) atoms. The van der Waals surface area contributed by atoms with Crippen molar-refractivity contribution in [3.63, 3.8) is 0 Å². The third kappa shape index (κ3) is 5.05. The Morgan fingerprint density at radius 2 is 1.53 bits per heavy atom. The van der Waals surface area contributed by atoms with E-state index in [1.165, 1.54) is 6.08 Å². The van der Waals surface area contributed by atoms with E-state index in [2.05, 4.69) is 13.5 Å². The van der Waals surface area contributed by atoms with E-state index in [1.807, 2.05) is 0 Å². The van der Waals surface area contributed by atoms with E-state index in [4.69, 9.17) is 9.47 Å². The lowest BCUT2D eigenvalue weighted by Crippen LogP contribution is -2.40. The zero-order valence-electron chi connectivity index (χ0n) is 12.4. The van der Waals surface area contributed by atoms with E-state index in [0.29, 0.717) is 6.42 Å². The zero-order chi connectivity index (χ0) is 14.7. The summed E-state index contributed by atoms with van der Waals surface area (Å²) in [7, 11) is 0. The Morgan fingerprint density at radius 1 is 1.00 bits per heavy atom. The highest BCUT2D eigenvalue weighted by Crippen LogP contribution is 2.30. The summed E-state index contributed by atoms with van der Waals surface area (Å²) >= 11 is 0. The normalized spacial score (nSPS) is 10.9. The van der Waals surface area contributed by atoms with Gasteiger partial charge in [-0.3, -0.25) is 9.59 Å². The number of hydrogen-bond donors (Lipinski definition) is 0. The molecule has 0 aliphatic rings. The molecule has 4 heteroatoms. The van der Waals surface area contributed by atoms with Crippen LogP contribution in [0.25, 0.3) is 0 Å². The molecule has 0 saturated carbocycles. The van der Waals surface area contributed by atoms with Gasteiger partial charge < -0.3 is 9.47 Å². The lowest BCUT2D eigenvalue weighted by Gasteiger charge is -2.25. The molecule has 0 heterocycles. The van der Waals surface area contributed by atoms with Crippen molar-refractivity contribution in [3.05, 3.63) is 12.7 Å². The van der Waals surface area contributed by atoms with Gasteiger partial charge in [-0.15, -0.1) is 6.58 Å². The van der Waals surface area contributed by atoms with Crippen molar-refractivity contribution in [2.24, 2.45) is 5.41 Å². The molecular weight excluding hydrogens is 244 g/mol. The molecule has 0 fully saturated rings. The largest absolute Gasteiger partial charge is 0.465 e. The molecule has 0 aromatic carbocycles. The smallest absolute Gasteiger partial charge is 0.327 e. The van der Waals surface area contributed by atoms with Gasteiger partial charge in [0.15, 0.2) is 5.41 Å². The molecule has 0 atom stereocenters. The summed E-state index contributed by atoms with van der Waals surface area (Å²) in [5.41, 5.74) is -1.35. The maximum atomic E-state index is 12.1. The maximum absolute atomic E-state index is 12.1. The molecule has 0 aromatic rings. The molecule has 0 unspecified atom stereocenters. The van der Waals surface area contributed by atoms with Crippen molar-refractivity contribution in [2.75, 3.05) is 13.2 Å². The Hall–Kier alpha value is -1.32. The number of hydrogen-bond acceptors (Lipinski definition) is 4. The van der Waals surface area contributed by atoms with Gasteiger partial charge >= 0.3 is 11.9 Å². The van der Waals surface area contributed by atoms with Gasteiger partial charge in [-0.1, -0.05) is 38.7 Å². The Bertz CT molecular complexity index is 279. The lowest BCUT2D eigenvalue weighted by atomic mass is 9.82. The Kier molecular flexibility index (Phi) is 8.92. The molecule has 0 bridgehead atoms. The van der Waals surface area contributed by atoms with Gasteiger partial charge in [-0.25, -0.2) is 0 Å². The SMILES string of the molecule is C=CC(CCCCCC)(C(=O)OCC)C(=O)OCC. The number of ether oxygens (including phenoxy) is 2. The fourth-order valence-electron chi connectivity index (χ4n) is 1.91. The van der Waals surface area contributed by atoms with Crippen LogP contribution in [0.15, 0.2) is 12.7 Å². The first-order valence-electron chi connectivity index (χ1n) is 7.07. The van der Waals surface area contributed by atoms with Crippen LogP contribution < -0.4 is 0 Å². The molecule has 0 aliphatic carbocycles. The van der Waals surface area contributed by atoms with Crippen LogP contribution in [0.3, 0.4) is 0 Å². The first kappa shape index (κ1) is 17.7. The highest BCUT2D eigenvalue weighted by atomic mass is 16.6. The van der Waals surface area contributed by atoms with Gasteiger partial charge in [0.05, 0.1) is 13.2 Å². The summed E-state index contributed by atoms with van der Waals surface area (Å²) in [5, 5.41) is 0. The second kappa shape index (κ2) is 9.59. The molecule has 0 radical (unpaired) electrons. The first-order valence-corrected chi connectivity index (χ1v) is 7.07. The minimum absolute atomic E-state index is 0.239. The van der Waals surface area contributed by atoms with Crippen molar-refractivity contribution >= 4 is 11.9 Å². The number of esters is 2. The van der Waals surface area contributed by atoms with Gasteiger partial charge in [-0.05, 0) is 20.3 Å². The summed E-state index contributed by atoms with van der Waals surface area (Å²) in [6, 6.07) is 0. The van der Waals surface area contributed by atoms with Crippen molar-refractivity contribution in [1.29, 1.82) is 0 Å². The summed E-state index contributed by atoms with van der Waals surface area (Å²) in [4.78, 5) is 24.2. The molecule has 0 aliphatic heterocycles. The topological polar surface area (TPSA) is 52.6 Å². The standard InChI is InChI=1S/C15H26O4/c1-5-9-10-11-12-15(6-2,13(16)18-7-3)14(17)19-8-4/h6H,2,5,7-12H2,1,3-4H3. The van der Waals surface area contributed by atoms with E-state index in [0.717, 1.165) is 25.7 Å². The van der Waals surface area contributed by atoms with Crippen LogP contribution in [-0.2, 0) is 19.1 Å². The number of rotatable bonds is 10. The second-order valence-electron chi connectivity index (χ2n) is 4.43. The fraction of sp³-hybridized carbons (Fsp3) is 0.733. The summed E-state index contributed by atoms with van der Waals surface area (Å²) < 4.78 is 10.0. The molecule has 0 saturated heterocycles. The quantitative estimate of drug-likeness (QED) is 0.265. The summed E-state index contributed by atoms with van der Waals surface area (Å²) in [5.74, 6) is -1.11. The lowest BCUT2D eigenvalue weighted by molar-refractivity contribution is -0.168. The highest BCUT2D eigenvalue weighted by Gasteiger charge is 2.45. The van der Waals surface area contributed by atoms with Crippen LogP contribution in [-0.4, -0.2) is 25.2 Å². The third-order valence-electron chi connectivity index (χ3n) is 3.05. The Morgan fingerprint density at radius 3 is 1.89 bits per heavy atom. The van der Waals surface area contributed by atoms with Crippen LogP contribution in [0, 0.1) is 5.41 Å². The Labute approximate surface area is 116 Å². The highest BCUT2D eigenvalue weighted by molar-refractivity contribution is 6.02. The summed E-state index contributed by atoms with van der Waals surface area (Å²) in [6.07, 6.45) is 5.70. The molecule has 0 aromatic heterocycles. The van der Waals surface area contributed by atoms with E-state index in [1.54, 1.807) is 13.8 Å². The van der Waals surface area contributed by atoms with Crippen molar-refractivity contribution < 1.29 is 19.1 Å². The number of unbranched alkanes of at least 4 members (excludes halogenated alkanes) is 3. The minimum atomic E-state index is -1.35. The van der Waals surface area contributed by atoms with E-state index in [9.17, 15) is 9.59 Å². The fourth-order valence-corrected chi connectivity index (χ4v) is 1.91. The van der Waals surface area contributed by atoms with Crippen LogP contribution in [0.2, 0.25) is 0 Å². The maximum Gasteiger partial charge on any atom is 0.327 e.